The van der Waals surface area contributed by atoms with Crippen molar-refractivity contribution in [3.05, 3.63) is 24.3 Å². The van der Waals surface area contributed by atoms with E-state index in [1.54, 1.807) is 0 Å². The lowest BCUT2D eigenvalue weighted by molar-refractivity contribution is -0.134. The topological polar surface area (TPSA) is 80.7 Å². The van der Waals surface area contributed by atoms with Crippen molar-refractivity contribution in [3.8, 4) is 0 Å². The first-order chi connectivity index (χ1) is 12.5. The normalized spacial score (nSPS) is 12.2. The third kappa shape index (κ3) is 20.9. The Labute approximate surface area is 159 Å². The van der Waals surface area contributed by atoms with Crippen LogP contribution in [0.5, 0.6) is 0 Å². The van der Waals surface area contributed by atoms with Gasteiger partial charge in [0.25, 0.3) is 0 Å². The van der Waals surface area contributed by atoms with E-state index in [1.807, 2.05) is 0 Å². The highest BCUT2D eigenvalue weighted by molar-refractivity contribution is 7.81. The van der Waals surface area contributed by atoms with Crippen LogP contribution in [0.25, 0.3) is 0 Å². The van der Waals surface area contributed by atoms with Crippen molar-refractivity contribution < 1.29 is 21.9 Å². The molecule has 0 amide bonds. The SMILES string of the molecule is CCCCCC=CCC=CCCCCCCCCCC(=O)OS(=O)(=O)O. The Bertz CT molecular complexity index is 494. The van der Waals surface area contributed by atoms with Crippen LogP contribution in [-0.4, -0.2) is 18.9 Å². The van der Waals surface area contributed by atoms with Crippen molar-refractivity contribution in [1.29, 1.82) is 0 Å². The van der Waals surface area contributed by atoms with E-state index in [0.29, 0.717) is 6.42 Å². The number of allylic oxidation sites excluding steroid dienone is 4. The summed E-state index contributed by atoms with van der Waals surface area (Å²) in [7, 11) is -4.66. The molecule has 0 bridgehead atoms. The predicted molar refractivity (Wildman–Crippen MR) is 106 cm³/mol. The van der Waals surface area contributed by atoms with Crippen LogP contribution in [0.3, 0.4) is 0 Å². The minimum Gasteiger partial charge on any atom is -0.325 e. The quantitative estimate of drug-likeness (QED) is 0.190. The molecule has 0 aromatic heterocycles. The minimum atomic E-state index is -4.66. The summed E-state index contributed by atoms with van der Waals surface area (Å²) < 4.78 is 32.9. The van der Waals surface area contributed by atoms with Gasteiger partial charge in [-0.3, -0.25) is 9.35 Å². The van der Waals surface area contributed by atoms with E-state index in [1.165, 1.54) is 44.9 Å². The maximum Gasteiger partial charge on any atom is 0.448 e. The first kappa shape index (κ1) is 24.9. The molecule has 0 radical (unpaired) electrons. The van der Waals surface area contributed by atoms with Crippen LogP contribution >= 0.6 is 0 Å². The summed E-state index contributed by atoms with van der Waals surface area (Å²) in [5.41, 5.74) is 0. The Balaban J connectivity index is 3.31. The van der Waals surface area contributed by atoms with Crippen LogP contribution in [-0.2, 0) is 19.4 Å². The van der Waals surface area contributed by atoms with Gasteiger partial charge in [0.15, 0.2) is 0 Å². The molecular weight excluding hydrogens is 352 g/mol. The van der Waals surface area contributed by atoms with Crippen LogP contribution in [0.15, 0.2) is 24.3 Å². The van der Waals surface area contributed by atoms with E-state index in [-0.39, 0.29) is 6.42 Å². The lowest BCUT2D eigenvalue weighted by Gasteiger charge is -2.01. The predicted octanol–water partition coefficient (Wildman–Crippen LogP) is 5.93. The van der Waals surface area contributed by atoms with Gasteiger partial charge in [-0.25, -0.2) is 0 Å². The highest BCUT2D eigenvalue weighted by Gasteiger charge is 2.12. The molecular formula is C20H36O5S. The van der Waals surface area contributed by atoms with E-state index in [0.717, 1.165) is 32.1 Å². The zero-order valence-electron chi connectivity index (χ0n) is 16.2. The van der Waals surface area contributed by atoms with E-state index in [2.05, 4.69) is 35.4 Å². The minimum absolute atomic E-state index is 0.0254. The van der Waals surface area contributed by atoms with E-state index >= 15 is 0 Å². The molecule has 0 aliphatic heterocycles. The molecule has 0 aromatic rings. The molecule has 0 unspecified atom stereocenters. The van der Waals surface area contributed by atoms with Crippen molar-refractivity contribution in [2.75, 3.05) is 0 Å². The number of unbranched alkanes of at least 4 members (excludes halogenated alkanes) is 10. The van der Waals surface area contributed by atoms with E-state index in [9.17, 15) is 13.2 Å². The third-order valence-electron chi connectivity index (χ3n) is 4.03. The molecule has 0 aliphatic carbocycles. The van der Waals surface area contributed by atoms with Crippen molar-refractivity contribution in [1.82, 2.24) is 0 Å². The molecule has 6 heteroatoms. The Morgan fingerprint density at radius 2 is 1.31 bits per heavy atom. The molecule has 0 fully saturated rings. The molecule has 5 nitrogen and oxygen atoms in total. The molecule has 0 rings (SSSR count). The largest absolute Gasteiger partial charge is 0.448 e. The lowest BCUT2D eigenvalue weighted by atomic mass is 10.1. The second-order valence-corrected chi connectivity index (χ2v) is 7.59. The molecule has 0 saturated carbocycles. The summed E-state index contributed by atoms with van der Waals surface area (Å²) in [6.07, 6.45) is 23.5. The summed E-state index contributed by atoms with van der Waals surface area (Å²) in [6, 6.07) is 0. The maximum absolute atomic E-state index is 11.0. The smallest absolute Gasteiger partial charge is 0.325 e. The van der Waals surface area contributed by atoms with Gasteiger partial charge < -0.3 is 4.18 Å². The van der Waals surface area contributed by atoms with Crippen LogP contribution in [0.1, 0.15) is 96.8 Å². The van der Waals surface area contributed by atoms with Crippen molar-refractivity contribution >= 4 is 16.4 Å². The van der Waals surface area contributed by atoms with Crippen LogP contribution in [0.4, 0.5) is 0 Å². The van der Waals surface area contributed by atoms with Gasteiger partial charge in [-0.1, -0.05) is 76.2 Å². The fraction of sp³-hybridized carbons (Fsp3) is 0.750. The highest BCUT2D eigenvalue weighted by Crippen LogP contribution is 2.11. The van der Waals surface area contributed by atoms with Crippen molar-refractivity contribution in [2.24, 2.45) is 0 Å². The first-order valence-electron chi connectivity index (χ1n) is 9.95. The lowest BCUT2D eigenvalue weighted by Crippen LogP contribution is -2.11. The summed E-state index contributed by atoms with van der Waals surface area (Å²) in [4.78, 5) is 11.0. The van der Waals surface area contributed by atoms with Crippen molar-refractivity contribution in [3.63, 3.8) is 0 Å². The molecule has 0 aromatic carbocycles. The molecule has 0 spiro atoms. The van der Waals surface area contributed by atoms with Gasteiger partial charge in [0.1, 0.15) is 0 Å². The third-order valence-corrected chi connectivity index (χ3v) is 4.43. The Kier molecular flexibility index (Phi) is 16.5. The van der Waals surface area contributed by atoms with E-state index in [4.69, 9.17) is 4.55 Å². The van der Waals surface area contributed by atoms with Gasteiger partial charge in [-0.2, -0.15) is 8.42 Å². The molecule has 0 saturated heterocycles. The number of carbonyl (C=O) groups excluding carboxylic acids is 1. The molecule has 1 N–H and O–H groups in total. The van der Waals surface area contributed by atoms with Gasteiger partial charge in [0, 0.05) is 6.42 Å². The van der Waals surface area contributed by atoms with E-state index < -0.39 is 16.4 Å². The van der Waals surface area contributed by atoms with Gasteiger partial charge in [0.2, 0.25) is 0 Å². The van der Waals surface area contributed by atoms with Crippen LogP contribution in [0, 0.1) is 0 Å². The fourth-order valence-corrected chi connectivity index (χ4v) is 2.91. The fourth-order valence-electron chi connectivity index (χ4n) is 2.59. The number of hydrogen-bond acceptors (Lipinski definition) is 4. The number of carbonyl (C=O) groups is 1. The summed E-state index contributed by atoms with van der Waals surface area (Å²) in [6.45, 7) is 2.22. The summed E-state index contributed by atoms with van der Waals surface area (Å²) in [5.74, 6) is -0.893. The van der Waals surface area contributed by atoms with Crippen LogP contribution in [0.2, 0.25) is 0 Å². The maximum atomic E-state index is 11.0. The van der Waals surface area contributed by atoms with Gasteiger partial charge >= 0.3 is 16.4 Å². The number of rotatable bonds is 17. The monoisotopic (exact) mass is 388 g/mol. The molecule has 152 valence electrons. The molecule has 0 atom stereocenters. The standard InChI is InChI=1S/C20H36O5S/c1-2-3-4-5-6-7-8-9-10-11-12-13-14-15-16-17-18-19-20(21)25-26(22,23)24/h6-7,9-10H,2-5,8,11-19H2,1H3,(H,22,23,24). The summed E-state index contributed by atoms with van der Waals surface area (Å²) >= 11 is 0. The Morgan fingerprint density at radius 3 is 1.85 bits per heavy atom. The number of hydrogen-bond donors (Lipinski definition) is 1. The second-order valence-electron chi connectivity index (χ2n) is 6.57. The Morgan fingerprint density at radius 1 is 0.808 bits per heavy atom. The van der Waals surface area contributed by atoms with Crippen LogP contribution < -0.4 is 0 Å². The van der Waals surface area contributed by atoms with Gasteiger partial charge in [-0.15, -0.1) is 0 Å². The summed E-state index contributed by atoms with van der Waals surface area (Å²) in [5, 5.41) is 0. The average molecular weight is 389 g/mol. The molecule has 0 heterocycles. The molecule has 26 heavy (non-hydrogen) atoms. The molecule has 0 aliphatic rings. The zero-order valence-corrected chi connectivity index (χ0v) is 17.0. The average Bonchev–Trinajstić information content (AvgIpc) is 2.56. The zero-order chi connectivity index (χ0) is 19.5. The Hall–Kier alpha value is -1.14. The second kappa shape index (κ2) is 17.3. The first-order valence-corrected chi connectivity index (χ1v) is 11.3. The van der Waals surface area contributed by atoms with Gasteiger partial charge in [0.05, 0.1) is 0 Å². The highest BCUT2D eigenvalue weighted by atomic mass is 32.3. The van der Waals surface area contributed by atoms with Gasteiger partial charge in [-0.05, 0) is 38.5 Å². The van der Waals surface area contributed by atoms with Crippen molar-refractivity contribution in [2.45, 2.75) is 96.8 Å².